The fraction of sp³-hybridized carbons (Fsp3) is 0.406. The molecule has 3 amide bonds. The number of rotatable bonds is 7. The molecule has 0 saturated heterocycles. The van der Waals surface area contributed by atoms with Crippen LogP contribution < -0.4 is 16.0 Å². The predicted molar refractivity (Wildman–Crippen MR) is 167 cm³/mol. The second-order valence-corrected chi connectivity index (χ2v) is 12.6. The van der Waals surface area contributed by atoms with Crippen LogP contribution in [-0.2, 0) is 14.4 Å². The van der Waals surface area contributed by atoms with Crippen LogP contribution in [0.15, 0.2) is 48.6 Å². The summed E-state index contributed by atoms with van der Waals surface area (Å²) in [5.74, 6) is -3.76. The van der Waals surface area contributed by atoms with Crippen molar-refractivity contribution in [3.63, 3.8) is 0 Å². The third-order valence-corrected chi connectivity index (χ3v) is 8.91. The Bertz CT molecular complexity index is 1990. The lowest BCUT2D eigenvalue weighted by molar-refractivity contribution is -0.133. The molecule has 1 unspecified atom stereocenters. The van der Waals surface area contributed by atoms with E-state index in [1.807, 2.05) is 36.4 Å². The fourth-order valence-electron chi connectivity index (χ4n) is 5.80. The van der Waals surface area contributed by atoms with Gasteiger partial charge in [0.25, 0.3) is 5.92 Å². The molecule has 5 aliphatic rings. The predicted octanol–water partition coefficient (Wildman–Crippen LogP) is 3.02. The monoisotopic (exact) mass is 642 g/mol. The molecule has 3 N–H and O–H groups in total. The third kappa shape index (κ3) is 5.98. The van der Waals surface area contributed by atoms with Gasteiger partial charge in [0.2, 0.25) is 29.6 Å². The number of hydrogen-bond donors (Lipinski definition) is 3. The fourth-order valence-corrected chi connectivity index (χ4v) is 5.80. The van der Waals surface area contributed by atoms with Crippen molar-refractivity contribution in [2.24, 2.45) is 17.8 Å². The number of carbonyl (C=O) groups is 3. The highest BCUT2D eigenvalue weighted by Crippen LogP contribution is 2.50. The van der Waals surface area contributed by atoms with Gasteiger partial charge in [-0.1, -0.05) is 24.3 Å². The van der Waals surface area contributed by atoms with Gasteiger partial charge in [-0.2, -0.15) is 9.97 Å². The number of nitrogens with zero attached hydrogens (tertiary/aromatic N) is 7. The van der Waals surface area contributed by atoms with E-state index in [0.717, 1.165) is 61.4 Å². The first-order valence-corrected chi connectivity index (χ1v) is 15.8. The second kappa shape index (κ2) is 11.3. The van der Waals surface area contributed by atoms with E-state index in [2.05, 4.69) is 42.2 Å². The standard InChI is InChI=1S/C18H17F2N5O2.C14H15N5O/c19-18(20)8-12(18)16(27)24-7-6-11(9-24)13-2-1-3-14-21-17(23-25(13)14)22-15(26)10-4-5-10;20-13(9-4-5-9)17-14-16-12-3-1-2-11(19(12)18-14)10-6-7-15-8-10/h1-3,6,10,12H,4-5,7-9H2,(H,22,23,26);1-3,6,9,15H,4-5,7-8H2,(H,17,18,20). The summed E-state index contributed by atoms with van der Waals surface area (Å²) >= 11 is 0. The van der Waals surface area contributed by atoms with E-state index in [9.17, 15) is 23.2 Å². The highest BCUT2D eigenvalue weighted by atomic mass is 19.3. The molecule has 4 aromatic rings. The van der Waals surface area contributed by atoms with Gasteiger partial charge < -0.3 is 10.2 Å². The van der Waals surface area contributed by atoms with Crippen molar-refractivity contribution < 1.29 is 23.2 Å². The average molecular weight is 643 g/mol. The Balaban J connectivity index is 0.000000144. The van der Waals surface area contributed by atoms with Crippen LogP contribution in [0.25, 0.3) is 22.4 Å². The topological polar surface area (TPSA) is 151 Å². The Hall–Kier alpha value is -5.05. The SMILES string of the molecule is O=C(Nc1nc2cccc(C3=CCN(C(=O)C4CC4(F)F)C3)n2n1)C1CC1.O=C(Nc1nc2cccc(C3=CCNC3)n2n1)C1CC1. The first-order chi connectivity index (χ1) is 22.7. The first-order valence-electron chi connectivity index (χ1n) is 15.8. The molecule has 47 heavy (non-hydrogen) atoms. The zero-order valence-corrected chi connectivity index (χ0v) is 25.3. The molecule has 4 aromatic heterocycles. The van der Waals surface area contributed by atoms with Gasteiger partial charge in [0.15, 0.2) is 11.3 Å². The Morgan fingerprint density at radius 3 is 1.85 bits per heavy atom. The van der Waals surface area contributed by atoms with Gasteiger partial charge in [-0.15, -0.1) is 10.2 Å². The minimum absolute atomic E-state index is 0.0317. The van der Waals surface area contributed by atoms with E-state index in [4.69, 9.17) is 0 Å². The van der Waals surface area contributed by atoms with E-state index in [-0.39, 0.29) is 42.6 Å². The van der Waals surface area contributed by atoms with Crippen molar-refractivity contribution in [2.75, 3.05) is 36.8 Å². The number of carbonyl (C=O) groups excluding carboxylic acids is 3. The van der Waals surface area contributed by atoms with Crippen LogP contribution in [-0.4, -0.2) is 83.9 Å². The van der Waals surface area contributed by atoms with Gasteiger partial charge >= 0.3 is 0 Å². The summed E-state index contributed by atoms with van der Waals surface area (Å²) in [6.07, 6.45) is 7.37. The summed E-state index contributed by atoms with van der Waals surface area (Å²) in [6.45, 7) is 2.28. The van der Waals surface area contributed by atoms with Crippen LogP contribution in [0.1, 0.15) is 43.5 Å². The lowest BCUT2D eigenvalue weighted by Gasteiger charge is -2.16. The van der Waals surface area contributed by atoms with Gasteiger partial charge in [0.05, 0.1) is 11.4 Å². The number of halogens is 2. The number of pyridine rings is 2. The number of aromatic nitrogens is 6. The van der Waals surface area contributed by atoms with Gasteiger partial charge in [-0.3, -0.25) is 25.0 Å². The van der Waals surface area contributed by atoms with Gasteiger partial charge in [-0.05, 0) is 61.1 Å². The molecule has 6 heterocycles. The molecular formula is C32H32F2N10O3. The van der Waals surface area contributed by atoms with Gasteiger partial charge in [-0.25, -0.2) is 17.8 Å². The molecule has 3 saturated carbocycles. The van der Waals surface area contributed by atoms with Crippen molar-refractivity contribution >= 4 is 52.1 Å². The molecule has 13 nitrogen and oxygen atoms in total. The molecule has 0 bridgehead atoms. The molecule has 242 valence electrons. The van der Waals surface area contributed by atoms with Crippen LogP contribution in [0.4, 0.5) is 20.7 Å². The van der Waals surface area contributed by atoms with E-state index < -0.39 is 17.7 Å². The van der Waals surface area contributed by atoms with Crippen molar-refractivity contribution in [1.82, 2.24) is 39.4 Å². The Labute approximate surface area is 267 Å². The number of fused-ring (bicyclic) bond motifs is 2. The normalized spacial score (nSPS) is 21.2. The van der Waals surface area contributed by atoms with Crippen molar-refractivity contribution in [2.45, 2.75) is 38.0 Å². The van der Waals surface area contributed by atoms with E-state index >= 15 is 0 Å². The number of hydrogen-bond acceptors (Lipinski definition) is 8. The number of nitrogens with one attached hydrogen (secondary N) is 3. The maximum atomic E-state index is 13.2. The van der Waals surface area contributed by atoms with Gasteiger partial charge in [0, 0.05) is 44.4 Å². The summed E-state index contributed by atoms with van der Waals surface area (Å²) in [6, 6.07) is 11.3. The minimum atomic E-state index is -2.86. The highest BCUT2D eigenvalue weighted by molar-refractivity contribution is 5.93. The smallest absolute Gasteiger partial charge is 0.260 e. The van der Waals surface area contributed by atoms with Crippen molar-refractivity contribution in [1.29, 1.82) is 0 Å². The maximum absolute atomic E-state index is 13.2. The molecule has 15 heteroatoms. The molecule has 3 fully saturated rings. The molecule has 0 spiro atoms. The molecular weight excluding hydrogens is 610 g/mol. The summed E-state index contributed by atoms with van der Waals surface area (Å²) < 4.78 is 29.7. The summed E-state index contributed by atoms with van der Waals surface area (Å²) in [5.41, 5.74) is 5.10. The Kier molecular flexibility index (Phi) is 7.08. The second-order valence-electron chi connectivity index (χ2n) is 12.6. The zero-order valence-electron chi connectivity index (χ0n) is 25.3. The number of anilines is 2. The maximum Gasteiger partial charge on any atom is 0.260 e. The van der Waals surface area contributed by atoms with Crippen molar-refractivity contribution in [3.8, 4) is 0 Å². The third-order valence-electron chi connectivity index (χ3n) is 8.91. The molecule has 0 radical (unpaired) electrons. The average Bonchev–Trinajstić information content (AvgIpc) is 3.99. The van der Waals surface area contributed by atoms with Gasteiger partial charge in [0.1, 0.15) is 5.92 Å². The van der Waals surface area contributed by atoms with E-state index in [1.165, 1.54) is 10.5 Å². The van der Waals surface area contributed by atoms with Crippen LogP contribution in [0.2, 0.25) is 0 Å². The first kappa shape index (κ1) is 29.4. The van der Waals surface area contributed by atoms with E-state index in [0.29, 0.717) is 18.1 Å². The summed E-state index contributed by atoms with van der Waals surface area (Å²) in [5, 5.41) is 17.6. The minimum Gasteiger partial charge on any atom is -0.334 e. The molecule has 9 rings (SSSR count). The zero-order chi connectivity index (χ0) is 32.3. The quantitative estimate of drug-likeness (QED) is 0.279. The molecule has 3 aliphatic carbocycles. The Morgan fingerprint density at radius 1 is 0.809 bits per heavy atom. The lowest BCUT2D eigenvalue weighted by Crippen LogP contribution is -2.31. The molecule has 2 aliphatic heterocycles. The van der Waals surface area contributed by atoms with Crippen LogP contribution in [0, 0.1) is 17.8 Å². The summed E-state index contributed by atoms with van der Waals surface area (Å²) in [7, 11) is 0. The van der Waals surface area contributed by atoms with Crippen LogP contribution in [0.3, 0.4) is 0 Å². The van der Waals surface area contributed by atoms with E-state index in [1.54, 1.807) is 15.1 Å². The number of alkyl halides is 2. The van der Waals surface area contributed by atoms with Crippen molar-refractivity contribution in [3.05, 3.63) is 59.9 Å². The summed E-state index contributed by atoms with van der Waals surface area (Å²) in [4.78, 5) is 46.0. The number of amides is 3. The Morgan fingerprint density at radius 2 is 1.36 bits per heavy atom. The largest absolute Gasteiger partial charge is 0.334 e. The molecule has 0 aromatic carbocycles. The highest BCUT2D eigenvalue weighted by Gasteiger charge is 2.62. The molecule has 1 atom stereocenters. The van der Waals surface area contributed by atoms with Crippen LogP contribution >= 0.6 is 0 Å². The lowest BCUT2D eigenvalue weighted by atomic mass is 10.2. The van der Waals surface area contributed by atoms with Crippen LogP contribution in [0.5, 0.6) is 0 Å².